The lowest BCUT2D eigenvalue weighted by Crippen LogP contribution is -1.99. The number of aromatic nitrogens is 2. The molecule has 1 heterocycles. The van der Waals surface area contributed by atoms with Crippen LogP contribution in [-0.4, -0.2) is 20.9 Å². The van der Waals surface area contributed by atoms with Crippen molar-refractivity contribution in [3.63, 3.8) is 0 Å². The fraction of sp³-hybridized carbons (Fsp3) is 0.167. The van der Waals surface area contributed by atoms with Crippen LogP contribution in [0.3, 0.4) is 0 Å². The molecule has 0 aliphatic rings. The normalized spacial score (nSPS) is 10.5. The monoisotopic (exact) mass is 250 g/mol. The second kappa shape index (κ2) is 4.59. The number of aliphatic carboxylic acids is 1. The number of benzene rings is 1. The highest BCUT2D eigenvalue weighted by molar-refractivity contribution is 6.30. The Kier molecular flexibility index (Phi) is 3.15. The van der Waals surface area contributed by atoms with E-state index in [1.165, 1.54) is 0 Å². The number of nitrogens with zero attached hydrogens (tertiary/aromatic N) is 2. The molecule has 88 valence electrons. The summed E-state index contributed by atoms with van der Waals surface area (Å²) in [5.74, 6) is -0.864. The molecule has 0 atom stereocenters. The van der Waals surface area contributed by atoms with Gasteiger partial charge in [-0.2, -0.15) is 5.10 Å². The van der Waals surface area contributed by atoms with Crippen LogP contribution < -0.4 is 0 Å². The summed E-state index contributed by atoms with van der Waals surface area (Å²) >= 11 is 5.87. The van der Waals surface area contributed by atoms with Gasteiger partial charge in [0.1, 0.15) is 0 Å². The van der Waals surface area contributed by atoms with Gasteiger partial charge in [-0.05, 0) is 30.7 Å². The van der Waals surface area contributed by atoms with Crippen LogP contribution in [0.2, 0.25) is 5.02 Å². The highest BCUT2D eigenvalue weighted by Gasteiger charge is 2.06. The standard InChI is InChI=1S/C12H11ClN2O2/c1-8-4-10(13)2-3-11(8)15-7-9(6-14-15)5-12(16)17/h2-4,6-7H,5H2,1H3,(H,16,17). The first-order valence-corrected chi connectivity index (χ1v) is 5.46. The molecule has 0 bridgehead atoms. The summed E-state index contributed by atoms with van der Waals surface area (Å²) in [6.07, 6.45) is 3.25. The van der Waals surface area contributed by atoms with Gasteiger partial charge in [-0.1, -0.05) is 11.6 Å². The molecule has 2 aromatic rings. The van der Waals surface area contributed by atoms with Crippen molar-refractivity contribution in [2.45, 2.75) is 13.3 Å². The number of halogens is 1. The molecule has 0 saturated carbocycles. The van der Waals surface area contributed by atoms with E-state index in [0.29, 0.717) is 10.6 Å². The van der Waals surface area contributed by atoms with Crippen LogP contribution in [0.5, 0.6) is 0 Å². The summed E-state index contributed by atoms with van der Waals surface area (Å²) in [5, 5.41) is 13.5. The second-order valence-corrected chi connectivity index (χ2v) is 4.23. The lowest BCUT2D eigenvalue weighted by molar-refractivity contribution is -0.136. The largest absolute Gasteiger partial charge is 0.481 e. The summed E-state index contributed by atoms with van der Waals surface area (Å²) in [5.41, 5.74) is 2.56. The Labute approximate surface area is 103 Å². The van der Waals surface area contributed by atoms with Crippen LogP contribution in [-0.2, 0) is 11.2 Å². The van der Waals surface area contributed by atoms with E-state index in [9.17, 15) is 4.79 Å². The molecule has 0 saturated heterocycles. The lowest BCUT2D eigenvalue weighted by atomic mass is 10.2. The summed E-state index contributed by atoms with van der Waals surface area (Å²) in [4.78, 5) is 10.6. The van der Waals surface area contributed by atoms with Crippen LogP contribution in [0.25, 0.3) is 5.69 Å². The van der Waals surface area contributed by atoms with Crippen molar-refractivity contribution < 1.29 is 9.90 Å². The number of carboxylic acids is 1. The minimum atomic E-state index is -0.864. The van der Waals surface area contributed by atoms with Crippen LogP contribution in [0.4, 0.5) is 0 Å². The Morgan fingerprint density at radius 2 is 2.29 bits per heavy atom. The maximum atomic E-state index is 10.6. The fourth-order valence-electron chi connectivity index (χ4n) is 1.63. The van der Waals surface area contributed by atoms with E-state index in [1.54, 1.807) is 23.1 Å². The number of hydrogen-bond donors (Lipinski definition) is 1. The third-order valence-electron chi connectivity index (χ3n) is 2.40. The summed E-state index contributed by atoms with van der Waals surface area (Å²) < 4.78 is 1.66. The molecule has 17 heavy (non-hydrogen) atoms. The summed E-state index contributed by atoms with van der Waals surface area (Å²) in [6, 6.07) is 5.48. The minimum absolute atomic E-state index is 0.0212. The molecule has 0 spiro atoms. The number of rotatable bonds is 3. The maximum absolute atomic E-state index is 10.6. The summed E-state index contributed by atoms with van der Waals surface area (Å²) in [6.45, 7) is 1.93. The van der Waals surface area contributed by atoms with Crippen molar-refractivity contribution in [1.82, 2.24) is 9.78 Å². The van der Waals surface area contributed by atoms with Crippen molar-refractivity contribution in [2.75, 3.05) is 0 Å². The van der Waals surface area contributed by atoms with E-state index in [0.717, 1.165) is 11.3 Å². The highest BCUT2D eigenvalue weighted by Crippen LogP contribution is 2.18. The maximum Gasteiger partial charge on any atom is 0.307 e. The molecule has 0 aliphatic carbocycles. The smallest absolute Gasteiger partial charge is 0.307 e. The fourth-order valence-corrected chi connectivity index (χ4v) is 1.86. The molecule has 1 aromatic carbocycles. The molecule has 1 aromatic heterocycles. The zero-order valence-electron chi connectivity index (χ0n) is 9.22. The molecule has 2 rings (SSSR count). The number of hydrogen-bond acceptors (Lipinski definition) is 2. The first-order valence-electron chi connectivity index (χ1n) is 5.08. The van der Waals surface area contributed by atoms with E-state index < -0.39 is 5.97 Å². The molecule has 1 N–H and O–H groups in total. The van der Waals surface area contributed by atoms with Gasteiger partial charge >= 0.3 is 5.97 Å². The zero-order chi connectivity index (χ0) is 12.4. The molecule has 0 radical (unpaired) electrons. The topological polar surface area (TPSA) is 55.1 Å². The Balaban J connectivity index is 2.33. The quantitative estimate of drug-likeness (QED) is 0.910. The molecular weight excluding hydrogens is 240 g/mol. The van der Waals surface area contributed by atoms with Crippen molar-refractivity contribution in [2.24, 2.45) is 0 Å². The van der Waals surface area contributed by atoms with Gasteiger partial charge in [0.25, 0.3) is 0 Å². The first kappa shape index (κ1) is 11.7. The SMILES string of the molecule is Cc1cc(Cl)ccc1-n1cc(CC(=O)O)cn1. The van der Waals surface area contributed by atoms with E-state index >= 15 is 0 Å². The molecular formula is C12H11ClN2O2. The van der Waals surface area contributed by atoms with E-state index in [1.807, 2.05) is 19.1 Å². The molecule has 0 amide bonds. The van der Waals surface area contributed by atoms with Gasteiger partial charge in [0.2, 0.25) is 0 Å². The van der Waals surface area contributed by atoms with Crippen LogP contribution in [0.1, 0.15) is 11.1 Å². The molecule has 4 nitrogen and oxygen atoms in total. The van der Waals surface area contributed by atoms with Gasteiger partial charge in [0, 0.05) is 16.8 Å². The van der Waals surface area contributed by atoms with Gasteiger partial charge < -0.3 is 5.11 Å². The van der Waals surface area contributed by atoms with Gasteiger partial charge in [0.05, 0.1) is 18.3 Å². The molecule has 0 fully saturated rings. The number of aryl methyl sites for hydroxylation is 1. The van der Waals surface area contributed by atoms with Crippen LogP contribution >= 0.6 is 11.6 Å². The average Bonchev–Trinajstić information content (AvgIpc) is 2.65. The van der Waals surface area contributed by atoms with E-state index in [2.05, 4.69) is 5.10 Å². The first-order chi connectivity index (χ1) is 8.06. The zero-order valence-corrected chi connectivity index (χ0v) is 9.98. The van der Waals surface area contributed by atoms with Crippen molar-refractivity contribution in [3.8, 4) is 5.69 Å². The molecule has 0 aliphatic heterocycles. The summed E-state index contributed by atoms with van der Waals surface area (Å²) in [7, 11) is 0. The van der Waals surface area contributed by atoms with E-state index in [4.69, 9.17) is 16.7 Å². The second-order valence-electron chi connectivity index (χ2n) is 3.79. The Hall–Kier alpha value is -1.81. The van der Waals surface area contributed by atoms with Crippen molar-refractivity contribution >= 4 is 17.6 Å². The van der Waals surface area contributed by atoms with Gasteiger partial charge in [-0.3, -0.25) is 4.79 Å². The lowest BCUT2D eigenvalue weighted by Gasteiger charge is -2.05. The highest BCUT2D eigenvalue weighted by atomic mass is 35.5. The Morgan fingerprint density at radius 1 is 1.53 bits per heavy atom. The van der Waals surface area contributed by atoms with Gasteiger partial charge in [0.15, 0.2) is 0 Å². The Morgan fingerprint density at radius 3 is 2.94 bits per heavy atom. The Bertz CT molecular complexity index is 563. The molecule has 0 unspecified atom stereocenters. The molecule has 5 heteroatoms. The minimum Gasteiger partial charge on any atom is -0.481 e. The van der Waals surface area contributed by atoms with Crippen LogP contribution in [0.15, 0.2) is 30.6 Å². The predicted molar refractivity (Wildman–Crippen MR) is 64.7 cm³/mol. The van der Waals surface area contributed by atoms with Gasteiger partial charge in [-0.25, -0.2) is 4.68 Å². The number of carbonyl (C=O) groups is 1. The van der Waals surface area contributed by atoms with Crippen LogP contribution in [0, 0.1) is 6.92 Å². The van der Waals surface area contributed by atoms with Gasteiger partial charge in [-0.15, -0.1) is 0 Å². The van der Waals surface area contributed by atoms with Crippen molar-refractivity contribution in [1.29, 1.82) is 0 Å². The third kappa shape index (κ3) is 2.65. The number of carboxylic acid groups (broad SMARTS) is 1. The van der Waals surface area contributed by atoms with E-state index in [-0.39, 0.29) is 6.42 Å². The average molecular weight is 251 g/mol. The van der Waals surface area contributed by atoms with Crippen molar-refractivity contribution in [3.05, 3.63) is 46.7 Å². The predicted octanol–water partition coefficient (Wildman–Crippen LogP) is 2.46. The third-order valence-corrected chi connectivity index (χ3v) is 2.63.